The summed E-state index contributed by atoms with van der Waals surface area (Å²) in [4.78, 5) is 10.9. The zero-order valence-corrected chi connectivity index (χ0v) is 8.55. The highest BCUT2D eigenvalue weighted by Gasteiger charge is 2.08. The van der Waals surface area contributed by atoms with Gasteiger partial charge < -0.3 is 10.5 Å². The molecule has 0 aromatic heterocycles. The van der Waals surface area contributed by atoms with Gasteiger partial charge in [-0.2, -0.15) is 0 Å². The summed E-state index contributed by atoms with van der Waals surface area (Å²) in [6.07, 6.45) is 0.628. The van der Waals surface area contributed by atoms with E-state index in [9.17, 15) is 9.18 Å². The zero-order valence-electron chi connectivity index (χ0n) is 7.79. The van der Waals surface area contributed by atoms with Gasteiger partial charge in [0.2, 0.25) is 0 Å². The first-order valence-electron chi connectivity index (χ1n) is 3.98. The van der Waals surface area contributed by atoms with Crippen LogP contribution in [0.1, 0.15) is 5.56 Å². The van der Waals surface area contributed by atoms with E-state index >= 15 is 0 Å². The molecule has 0 saturated heterocycles. The minimum atomic E-state index is -0.724. The number of halogens is 2. The van der Waals surface area contributed by atoms with Crippen molar-refractivity contribution in [3.8, 4) is 0 Å². The van der Waals surface area contributed by atoms with E-state index in [1.807, 2.05) is 0 Å². The third-order valence-electron chi connectivity index (χ3n) is 1.68. The summed E-state index contributed by atoms with van der Waals surface area (Å²) in [5.41, 5.74) is 0.621. The molecule has 0 aliphatic heterocycles. The number of nitrogens with zero attached hydrogens (tertiary/aromatic N) is 1. The topological polar surface area (TPSA) is 61.7 Å². The van der Waals surface area contributed by atoms with Crippen LogP contribution in [0.25, 0.3) is 0 Å². The lowest BCUT2D eigenvalue weighted by Crippen LogP contribution is -2.13. The summed E-state index contributed by atoms with van der Waals surface area (Å²) in [7, 11) is 0. The van der Waals surface area contributed by atoms with Gasteiger partial charge in [-0.05, 0) is 24.6 Å². The van der Waals surface area contributed by atoms with Gasteiger partial charge in [-0.3, -0.25) is 4.79 Å². The fourth-order valence-electron chi connectivity index (χ4n) is 0.970. The van der Waals surface area contributed by atoms with Crippen LogP contribution < -0.4 is 5.32 Å². The zero-order chi connectivity index (χ0) is 11.4. The largest absolute Gasteiger partial charge is 0.411 e. The van der Waals surface area contributed by atoms with Crippen LogP contribution in [0.4, 0.5) is 10.1 Å². The Morgan fingerprint density at radius 1 is 1.67 bits per heavy atom. The number of rotatable bonds is 2. The van der Waals surface area contributed by atoms with Gasteiger partial charge >= 0.3 is 0 Å². The number of aryl methyl sites for hydroxylation is 1. The Bertz CT molecular complexity index is 421. The maximum Gasteiger partial charge on any atom is 0.270 e. The monoisotopic (exact) mass is 230 g/mol. The molecule has 6 heteroatoms. The van der Waals surface area contributed by atoms with Crippen LogP contribution >= 0.6 is 11.6 Å². The number of benzene rings is 1. The average Bonchev–Trinajstić information content (AvgIpc) is 2.14. The van der Waals surface area contributed by atoms with E-state index in [2.05, 4.69) is 10.5 Å². The van der Waals surface area contributed by atoms with Gasteiger partial charge in [0.15, 0.2) is 0 Å². The first-order valence-corrected chi connectivity index (χ1v) is 4.36. The van der Waals surface area contributed by atoms with Crippen LogP contribution in [-0.4, -0.2) is 17.3 Å². The second kappa shape index (κ2) is 4.75. The second-order valence-corrected chi connectivity index (χ2v) is 3.22. The normalized spacial score (nSPS) is 10.6. The fourth-order valence-corrected chi connectivity index (χ4v) is 1.12. The number of oxime groups is 1. The van der Waals surface area contributed by atoms with Crippen LogP contribution in [0, 0.1) is 12.7 Å². The highest BCUT2D eigenvalue weighted by molar-refractivity contribution is 6.32. The Kier molecular flexibility index (Phi) is 3.62. The number of carbonyl (C=O) groups is 1. The summed E-state index contributed by atoms with van der Waals surface area (Å²) >= 11 is 5.66. The van der Waals surface area contributed by atoms with Gasteiger partial charge in [0.25, 0.3) is 5.91 Å². The lowest BCUT2D eigenvalue weighted by atomic mass is 10.2. The second-order valence-electron chi connectivity index (χ2n) is 2.82. The molecule has 1 rings (SSSR count). The van der Waals surface area contributed by atoms with Crippen LogP contribution in [0.3, 0.4) is 0 Å². The molecule has 0 spiro atoms. The minimum absolute atomic E-state index is 0.0122. The summed E-state index contributed by atoms with van der Waals surface area (Å²) in [5.74, 6) is -1.37. The van der Waals surface area contributed by atoms with E-state index in [4.69, 9.17) is 16.8 Å². The fraction of sp³-hybridized carbons (Fsp3) is 0.111. The molecular weight excluding hydrogens is 223 g/mol. The highest BCUT2D eigenvalue weighted by Crippen LogP contribution is 2.23. The van der Waals surface area contributed by atoms with Crippen molar-refractivity contribution in [3.63, 3.8) is 0 Å². The molecule has 0 unspecified atom stereocenters. The minimum Gasteiger partial charge on any atom is -0.411 e. The molecule has 1 amide bonds. The van der Waals surface area contributed by atoms with E-state index in [0.29, 0.717) is 11.8 Å². The molecule has 0 fully saturated rings. The summed E-state index contributed by atoms with van der Waals surface area (Å²) in [5, 5.41) is 13.1. The van der Waals surface area contributed by atoms with E-state index in [1.165, 1.54) is 6.07 Å². The van der Waals surface area contributed by atoms with Gasteiger partial charge in [-0.15, -0.1) is 0 Å². The van der Waals surface area contributed by atoms with Crippen molar-refractivity contribution in [2.75, 3.05) is 5.32 Å². The SMILES string of the molecule is Cc1cc(NC(=O)/C=N/O)c(F)cc1Cl. The lowest BCUT2D eigenvalue weighted by molar-refractivity contribution is -0.110. The van der Waals surface area contributed by atoms with Crippen LogP contribution in [0.5, 0.6) is 0 Å². The molecule has 0 saturated carbocycles. The third kappa shape index (κ3) is 2.92. The smallest absolute Gasteiger partial charge is 0.270 e. The standard InChI is InChI=1S/C9H8ClFN2O2/c1-5-2-8(7(11)3-6(5)10)13-9(14)4-12-15/h2-4,15H,1H3,(H,13,14)/b12-4+. The molecule has 1 aromatic rings. The molecule has 4 nitrogen and oxygen atoms in total. The van der Waals surface area contributed by atoms with Crippen molar-refractivity contribution >= 4 is 29.4 Å². The van der Waals surface area contributed by atoms with Crippen LogP contribution in [0.15, 0.2) is 17.3 Å². The van der Waals surface area contributed by atoms with E-state index in [-0.39, 0.29) is 10.7 Å². The van der Waals surface area contributed by atoms with Crippen molar-refractivity contribution < 1.29 is 14.4 Å². The van der Waals surface area contributed by atoms with Gasteiger partial charge in [0.05, 0.1) is 5.69 Å². The number of amides is 1. The highest BCUT2D eigenvalue weighted by atomic mass is 35.5. The number of nitrogens with one attached hydrogen (secondary N) is 1. The molecule has 80 valence electrons. The van der Waals surface area contributed by atoms with Gasteiger partial charge in [0.1, 0.15) is 12.0 Å². The quantitative estimate of drug-likeness (QED) is 0.465. The summed E-state index contributed by atoms with van der Waals surface area (Å²) in [6, 6.07) is 2.49. The Morgan fingerprint density at radius 2 is 2.33 bits per heavy atom. The van der Waals surface area contributed by atoms with E-state index in [1.54, 1.807) is 6.92 Å². The Labute approximate surface area is 90.4 Å². The molecule has 15 heavy (non-hydrogen) atoms. The first-order chi connectivity index (χ1) is 7.04. The maximum atomic E-state index is 13.2. The van der Waals surface area contributed by atoms with Crippen molar-refractivity contribution in [1.82, 2.24) is 0 Å². The molecule has 0 atom stereocenters. The third-order valence-corrected chi connectivity index (χ3v) is 2.09. The molecular formula is C9H8ClFN2O2. The first kappa shape index (κ1) is 11.5. The predicted octanol–water partition coefficient (Wildman–Crippen LogP) is 2.19. The number of anilines is 1. The van der Waals surface area contributed by atoms with Crippen LogP contribution in [-0.2, 0) is 4.79 Å². The van der Waals surface area contributed by atoms with Gasteiger partial charge in [-0.25, -0.2) is 4.39 Å². The van der Waals surface area contributed by atoms with Gasteiger partial charge in [-0.1, -0.05) is 16.8 Å². The predicted molar refractivity (Wildman–Crippen MR) is 55.1 cm³/mol. The van der Waals surface area contributed by atoms with Crippen molar-refractivity contribution in [1.29, 1.82) is 0 Å². The number of hydrogen-bond donors (Lipinski definition) is 2. The molecule has 0 aliphatic rings. The number of carbonyl (C=O) groups excluding carboxylic acids is 1. The molecule has 0 aliphatic carbocycles. The van der Waals surface area contributed by atoms with E-state index in [0.717, 1.165) is 6.07 Å². The average molecular weight is 231 g/mol. The van der Waals surface area contributed by atoms with Crippen LogP contribution in [0.2, 0.25) is 5.02 Å². The Balaban J connectivity index is 2.95. The molecule has 0 heterocycles. The van der Waals surface area contributed by atoms with Crippen molar-refractivity contribution in [2.45, 2.75) is 6.92 Å². The Hall–Kier alpha value is -1.62. The van der Waals surface area contributed by atoms with E-state index < -0.39 is 11.7 Å². The van der Waals surface area contributed by atoms with Crippen molar-refractivity contribution in [2.24, 2.45) is 5.16 Å². The lowest BCUT2D eigenvalue weighted by Gasteiger charge is -2.05. The molecule has 1 aromatic carbocycles. The van der Waals surface area contributed by atoms with Crippen molar-refractivity contribution in [3.05, 3.63) is 28.5 Å². The number of hydrogen-bond acceptors (Lipinski definition) is 3. The summed E-state index contributed by atoms with van der Waals surface area (Å²) in [6.45, 7) is 1.68. The molecule has 0 bridgehead atoms. The molecule has 0 radical (unpaired) electrons. The summed E-state index contributed by atoms with van der Waals surface area (Å²) < 4.78 is 13.2. The van der Waals surface area contributed by atoms with Gasteiger partial charge in [0, 0.05) is 5.02 Å². The molecule has 2 N–H and O–H groups in total. The maximum absolute atomic E-state index is 13.2. The Morgan fingerprint density at radius 3 is 2.93 bits per heavy atom.